The number of nitrogen functional groups attached to an aromatic ring is 2. The lowest BCUT2D eigenvalue weighted by atomic mass is 10.2. The van der Waals surface area contributed by atoms with Crippen molar-refractivity contribution in [1.82, 2.24) is 20.2 Å². The maximum Gasteiger partial charge on any atom is 0.269 e. The molecule has 11 heteroatoms. The number of nitrogens with two attached hydrogens (primary N) is 2. The SMILES string of the molecule is C[C@@H](Sc1nc(N)cc(N)n1)c1nnc(-c2ccc([N+](=O)[O-])cc2)o1. The molecule has 0 bridgehead atoms. The second kappa shape index (κ2) is 6.73. The van der Waals surface area contributed by atoms with Crippen molar-refractivity contribution in [2.45, 2.75) is 17.3 Å². The van der Waals surface area contributed by atoms with Gasteiger partial charge in [0.1, 0.15) is 11.6 Å². The first-order valence-electron chi connectivity index (χ1n) is 7.07. The molecular weight excluding hydrogens is 346 g/mol. The average Bonchev–Trinajstić information content (AvgIpc) is 3.04. The molecule has 128 valence electrons. The van der Waals surface area contributed by atoms with Crippen molar-refractivity contribution in [2.75, 3.05) is 11.5 Å². The van der Waals surface area contributed by atoms with Crippen LogP contribution in [0.3, 0.4) is 0 Å². The predicted molar refractivity (Wildman–Crippen MR) is 91.5 cm³/mol. The van der Waals surface area contributed by atoms with Crippen LogP contribution in [-0.2, 0) is 0 Å². The van der Waals surface area contributed by atoms with Crippen molar-refractivity contribution in [1.29, 1.82) is 0 Å². The minimum atomic E-state index is -0.473. The van der Waals surface area contributed by atoms with Gasteiger partial charge in [-0.05, 0) is 19.1 Å². The smallest absolute Gasteiger partial charge is 0.269 e. The molecule has 0 unspecified atom stereocenters. The zero-order valence-corrected chi connectivity index (χ0v) is 13.8. The minimum Gasteiger partial charge on any atom is -0.419 e. The third-order valence-corrected chi connectivity index (χ3v) is 4.09. The molecule has 0 spiro atoms. The summed E-state index contributed by atoms with van der Waals surface area (Å²) in [7, 11) is 0. The fourth-order valence-corrected chi connectivity index (χ4v) is 2.79. The number of rotatable bonds is 5. The highest BCUT2D eigenvalue weighted by molar-refractivity contribution is 7.99. The molecule has 1 atom stereocenters. The van der Waals surface area contributed by atoms with E-state index in [2.05, 4.69) is 20.2 Å². The number of benzene rings is 1. The van der Waals surface area contributed by atoms with Crippen LogP contribution >= 0.6 is 11.8 Å². The van der Waals surface area contributed by atoms with E-state index in [0.717, 1.165) is 0 Å². The second-order valence-electron chi connectivity index (χ2n) is 5.01. The lowest BCUT2D eigenvalue weighted by Gasteiger charge is -2.06. The fraction of sp³-hybridized carbons (Fsp3) is 0.143. The van der Waals surface area contributed by atoms with Gasteiger partial charge in [-0.2, -0.15) is 0 Å². The third kappa shape index (κ3) is 3.83. The molecule has 2 heterocycles. The highest BCUT2D eigenvalue weighted by atomic mass is 32.2. The molecule has 0 aliphatic rings. The van der Waals surface area contributed by atoms with Crippen LogP contribution in [0, 0.1) is 10.1 Å². The van der Waals surface area contributed by atoms with E-state index in [-0.39, 0.29) is 28.5 Å². The van der Waals surface area contributed by atoms with E-state index in [1.165, 1.54) is 30.0 Å². The lowest BCUT2D eigenvalue weighted by molar-refractivity contribution is -0.384. The van der Waals surface area contributed by atoms with Crippen LogP contribution in [0.4, 0.5) is 17.3 Å². The van der Waals surface area contributed by atoms with Crippen LogP contribution < -0.4 is 11.5 Å². The van der Waals surface area contributed by atoms with Crippen LogP contribution in [0.2, 0.25) is 0 Å². The standard InChI is InChI=1S/C14H13N7O3S/c1-7(25-14-17-10(15)6-11(16)18-14)12-19-20-13(24-12)8-2-4-9(5-3-8)21(22)23/h2-7H,1H3,(H4,15,16,17,18)/t7-/m1/s1. The van der Waals surface area contributed by atoms with E-state index in [1.807, 2.05) is 6.92 Å². The Hall–Kier alpha value is -3.21. The summed E-state index contributed by atoms with van der Waals surface area (Å²) in [6, 6.07) is 7.32. The first-order valence-corrected chi connectivity index (χ1v) is 7.95. The van der Waals surface area contributed by atoms with Crippen LogP contribution in [0.5, 0.6) is 0 Å². The van der Waals surface area contributed by atoms with Crippen molar-refractivity contribution in [2.24, 2.45) is 0 Å². The summed E-state index contributed by atoms with van der Waals surface area (Å²) in [6.07, 6.45) is 0. The van der Waals surface area contributed by atoms with E-state index in [0.29, 0.717) is 16.6 Å². The van der Waals surface area contributed by atoms with Gasteiger partial charge in [-0.15, -0.1) is 10.2 Å². The van der Waals surface area contributed by atoms with Gasteiger partial charge in [-0.25, -0.2) is 9.97 Å². The van der Waals surface area contributed by atoms with Gasteiger partial charge in [-0.3, -0.25) is 10.1 Å². The number of aromatic nitrogens is 4. The summed E-state index contributed by atoms with van der Waals surface area (Å²) in [6.45, 7) is 1.85. The number of nitro groups is 1. The summed E-state index contributed by atoms with van der Waals surface area (Å²) in [5.74, 6) is 1.19. The first kappa shape index (κ1) is 16.6. The Morgan fingerprint density at radius 3 is 2.40 bits per heavy atom. The molecule has 0 amide bonds. The van der Waals surface area contributed by atoms with Gasteiger partial charge in [-0.1, -0.05) is 11.8 Å². The topological polar surface area (TPSA) is 160 Å². The van der Waals surface area contributed by atoms with E-state index < -0.39 is 4.92 Å². The van der Waals surface area contributed by atoms with Gasteiger partial charge in [0.05, 0.1) is 10.2 Å². The molecule has 0 saturated carbocycles. The molecule has 0 saturated heterocycles. The number of thioether (sulfide) groups is 1. The molecule has 2 aromatic heterocycles. The van der Waals surface area contributed by atoms with Gasteiger partial charge < -0.3 is 15.9 Å². The Balaban J connectivity index is 1.77. The summed E-state index contributed by atoms with van der Waals surface area (Å²) < 4.78 is 5.63. The predicted octanol–water partition coefficient (Wildman–Crippen LogP) is 2.45. The summed E-state index contributed by atoms with van der Waals surface area (Å²) in [5.41, 5.74) is 11.9. The van der Waals surface area contributed by atoms with Gasteiger partial charge >= 0.3 is 0 Å². The molecule has 0 fully saturated rings. The fourth-order valence-electron chi connectivity index (χ4n) is 1.96. The molecule has 4 N–H and O–H groups in total. The Kier molecular flexibility index (Phi) is 4.48. The van der Waals surface area contributed by atoms with Gasteiger partial charge in [0.15, 0.2) is 5.16 Å². The highest BCUT2D eigenvalue weighted by Crippen LogP contribution is 2.34. The zero-order chi connectivity index (χ0) is 18.0. The third-order valence-electron chi connectivity index (χ3n) is 3.14. The molecular formula is C14H13N7O3S. The Bertz CT molecular complexity index is 893. The maximum absolute atomic E-state index is 10.7. The van der Waals surface area contributed by atoms with Crippen molar-refractivity contribution in [3.63, 3.8) is 0 Å². The lowest BCUT2D eigenvalue weighted by Crippen LogP contribution is -2.00. The summed E-state index contributed by atoms with van der Waals surface area (Å²) >= 11 is 1.27. The van der Waals surface area contributed by atoms with Gasteiger partial charge in [0, 0.05) is 23.8 Å². The van der Waals surface area contributed by atoms with Gasteiger partial charge in [0.2, 0.25) is 11.8 Å². The Morgan fingerprint density at radius 2 is 1.80 bits per heavy atom. The Labute approximate surface area is 145 Å². The van der Waals surface area contributed by atoms with Gasteiger partial charge in [0.25, 0.3) is 5.69 Å². The van der Waals surface area contributed by atoms with E-state index in [9.17, 15) is 10.1 Å². The average molecular weight is 359 g/mol. The highest BCUT2D eigenvalue weighted by Gasteiger charge is 2.18. The minimum absolute atomic E-state index is 0.0104. The number of nitro benzene ring substituents is 1. The molecule has 3 rings (SSSR count). The van der Waals surface area contributed by atoms with Crippen molar-refractivity contribution in [3.05, 3.63) is 46.3 Å². The van der Waals surface area contributed by atoms with Crippen LogP contribution in [-0.4, -0.2) is 25.1 Å². The molecule has 0 aliphatic heterocycles. The first-order chi connectivity index (χ1) is 11.9. The maximum atomic E-state index is 10.7. The number of hydrogen-bond acceptors (Lipinski definition) is 10. The number of non-ortho nitro benzene ring substituents is 1. The Morgan fingerprint density at radius 1 is 1.16 bits per heavy atom. The van der Waals surface area contributed by atoms with Crippen molar-refractivity contribution >= 4 is 29.1 Å². The van der Waals surface area contributed by atoms with Crippen molar-refractivity contribution < 1.29 is 9.34 Å². The number of hydrogen-bond donors (Lipinski definition) is 2. The zero-order valence-electron chi connectivity index (χ0n) is 13.0. The van der Waals surface area contributed by atoms with E-state index in [1.54, 1.807) is 12.1 Å². The normalized spacial score (nSPS) is 12.0. The van der Waals surface area contributed by atoms with Crippen LogP contribution in [0.1, 0.15) is 18.1 Å². The van der Waals surface area contributed by atoms with E-state index in [4.69, 9.17) is 15.9 Å². The summed E-state index contributed by atoms with van der Waals surface area (Å²) in [4.78, 5) is 18.4. The largest absolute Gasteiger partial charge is 0.419 e. The number of nitrogens with zero attached hydrogens (tertiary/aromatic N) is 5. The molecule has 0 aliphatic carbocycles. The molecule has 1 aromatic carbocycles. The van der Waals surface area contributed by atoms with E-state index >= 15 is 0 Å². The molecule has 25 heavy (non-hydrogen) atoms. The quantitative estimate of drug-likeness (QED) is 0.299. The van der Waals surface area contributed by atoms with Crippen molar-refractivity contribution in [3.8, 4) is 11.5 Å². The van der Waals surface area contributed by atoms with Crippen LogP contribution in [0.15, 0.2) is 39.9 Å². The molecule has 3 aromatic rings. The van der Waals surface area contributed by atoms with Crippen LogP contribution in [0.25, 0.3) is 11.5 Å². The molecule has 0 radical (unpaired) electrons. The molecule has 10 nitrogen and oxygen atoms in total. The summed E-state index contributed by atoms with van der Waals surface area (Å²) in [5, 5.41) is 18.8. The monoisotopic (exact) mass is 359 g/mol. The number of anilines is 2. The second-order valence-corrected chi connectivity index (χ2v) is 6.32.